The molecule has 0 radical (unpaired) electrons. The average molecular weight is 346 g/mol. The van der Waals surface area contributed by atoms with E-state index in [0.717, 1.165) is 0 Å². The van der Waals surface area contributed by atoms with Crippen molar-refractivity contribution in [2.24, 2.45) is 0 Å². The fraction of sp³-hybridized carbons (Fsp3) is 0. The third-order valence-electron chi connectivity index (χ3n) is 3.81. The van der Waals surface area contributed by atoms with E-state index >= 15 is 0 Å². The quantitative estimate of drug-likeness (QED) is 0.533. The van der Waals surface area contributed by atoms with E-state index in [1.165, 1.54) is 0 Å². The van der Waals surface area contributed by atoms with Crippen molar-refractivity contribution in [1.29, 1.82) is 0 Å². The maximum atomic E-state index is 11.4. The predicted octanol–water partition coefficient (Wildman–Crippen LogP) is 2.42. The Hall–Kier alpha value is -4.01. The first-order valence-corrected chi connectivity index (χ1v) is 7.71. The van der Waals surface area contributed by atoms with Gasteiger partial charge >= 0.3 is 5.76 Å². The zero-order valence-electron chi connectivity index (χ0n) is 13.2. The van der Waals surface area contributed by atoms with Crippen LogP contribution in [0.2, 0.25) is 0 Å². The lowest BCUT2D eigenvalue weighted by Gasteiger charge is -2.01. The van der Waals surface area contributed by atoms with Gasteiger partial charge in [-0.15, -0.1) is 0 Å². The van der Waals surface area contributed by atoms with Gasteiger partial charge in [-0.25, -0.2) is 14.5 Å². The van der Waals surface area contributed by atoms with Crippen LogP contribution >= 0.6 is 0 Å². The number of rotatable bonds is 3. The van der Waals surface area contributed by atoms with Gasteiger partial charge in [-0.1, -0.05) is 17.3 Å². The maximum absolute atomic E-state index is 11.4. The van der Waals surface area contributed by atoms with Crippen LogP contribution in [0.4, 0.5) is 0 Å². The SMILES string of the molecule is O=c1[nH]c2cccc(-c3nc(-c4cccc(-n5cccn5)n4)no3)c2o1. The van der Waals surface area contributed by atoms with Crippen molar-refractivity contribution in [2.45, 2.75) is 0 Å². The molecule has 0 amide bonds. The van der Waals surface area contributed by atoms with Crippen LogP contribution in [-0.2, 0) is 0 Å². The van der Waals surface area contributed by atoms with Gasteiger partial charge < -0.3 is 8.94 Å². The van der Waals surface area contributed by atoms with E-state index in [2.05, 4.69) is 25.2 Å². The molecule has 0 fully saturated rings. The molecule has 5 rings (SSSR count). The summed E-state index contributed by atoms with van der Waals surface area (Å²) < 4.78 is 12.2. The molecule has 4 aromatic heterocycles. The first kappa shape index (κ1) is 14.3. The Morgan fingerprint density at radius 2 is 1.96 bits per heavy atom. The van der Waals surface area contributed by atoms with Gasteiger partial charge in [0.25, 0.3) is 5.89 Å². The van der Waals surface area contributed by atoms with Gasteiger partial charge in [0.1, 0.15) is 5.69 Å². The van der Waals surface area contributed by atoms with Crippen LogP contribution in [0.3, 0.4) is 0 Å². The summed E-state index contributed by atoms with van der Waals surface area (Å²) in [6.45, 7) is 0. The summed E-state index contributed by atoms with van der Waals surface area (Å²) in [5.41, 5.74) is 2.00. The minimum absolute atomic E-state index is 0.236. The molecule has 5 aromatic rings. The summed E-state index contributed by atoms with van der Waals surface area (Å²) in [5.74, 6) is 0.655. The van der Waals surface area contributed by atoms with Crippen LogP contribution in [0.15, 0.2) is 68.6 Å². The summed E-state index contributed by atoms with van der Waals surface area (Å²) in [5, 5.41) is 8.15. The Morgan fingerprint density at radius 3 is 2.85 bits per heavy atom. The van der Waals surface area contributed by atoms with E-state index in [4.69, 9.17) is 8.94 Å². The maximum Gasteiger partial charge on any atom is 0.417 e. The molecule has 0 aliphatic heterocycles. The lowest BCUT2D eigenvalue weighted by Crippen LogP contribution is -1.98. The molecule has 1 aromatic carbocycles. The van der Waals surface area contributed by atoms with Crippen LogP contribution in [0.1, 0.15) is 0 Å². The highest BCUT2D eigenvalue weighted by Gasteiger charge is 2.17. The third-order valence-corrected chi connectivity index (χ3v) is 3.81. The van der Waals surface area contributed by atoms with Gasteiger partial charge in [-0.3, -0.25) is 4.98 Å². The second kappa shape index (κ2) is 5.52. The van der Waals surface area contributed by atoms with Crippen LogP contribution in [-0.4, -0.2) is 29.9 Å². The molecule has 0 unspecified atom stereocenters. The Morgan fingerprint density at radius 1 is 1.04 bits per heavy atom. The molecule has 0 spiro atoms. The minimum Gasteiger partial charge on any atom is -0.407 e. The Labute approximate surface area is 144 Å². The molecule has 26 heavy (non-hydrogen) atoms. The molecule has 0 atom stereocenters. The fourth-order valence-electron chi connectivity index (χ4n) is 2.66. The summed E-state index contributed by atoms with van der Waals surface area (Å²) in [6, 6.07) is 12.5. The molecule has 4 heterocycles. The van der Waals surface area contributed by atoms with E-state index in [1.54, 1.807) is 41.3 Å². The summed E-state index contributed by atoms with van der Waals surface area (Å²) in [4.78, 5) is 22.9. The van der Waals surface area contributed by atoms with Crippen molar-refractivity contribution in [3.63, 3.8) is 0 Å². The molecule has 9 heteroatoms. The van der Waals surface area contributed by atoms with E-state index in [0.29, 0.717) is 34.0 Å². The molecule has 0 saturated carbocycles. The third kappa shape index (κ3) is 2.30. The summed E-state index contributed by atoms with van der Waals surface area (Å²) >= 11 is 0. The van der Waals surface area contributed by atoms with Crippen molar-refractivity contribution in [3.05, 3.63) is 65.4 Å². The normalized spacial score (nSPS) is 11.2. The fourth-order valence-corrected chi connectivity index (χ4v) is 2.66. The number of aromatic nitrogens is 6. The molecular weight excluding hydrogens is 336 g/mol. The topological polar surface area (TPSA) is 116 Å². The van der Waals surface area contributed by atoms with Crippen molar-refractivity contribution < 1.29 is 8.94 Å². The smallest absolute Gasteiger partial charge is 0.407 e. The molecule has 0 aliphatic rings. The number of aromatic amines is 1. The average Bonchev–Trinajstić information content (AvgIpc) is 3.41. The second-order valence-corrected chi connectivity index (χ2v) is 5.45. The van der Waals surface area contributed by atoms with Crippen LogP contribution in [0.5, 0.6) is 0 Å². The highest BCUT2D eigenvalue weighted by molar-refractivity contribution is 5.87. The van der Waals surface area contributed by atoms with Crippen molar-refractivity contribution in [1.82, 2.24) is 29.9 Å². The Balaban J connectivity index is 1.58. The Bertz CT molecular complexity index is 1270. The number of hydrogen-bond donors (Lipinski definition) is 1. The van der Waals surface area contributed by atoms with Crippen molar-refractivity contribution >= 4 is 11.1 Å². The number of benzene rings is 1. The summed E-state index contributed by atoms with van der Waals surface area (Å²) in [7, 11) is 0. The number of H-pyrrole nitrogens is 1. The second-order valence-electron chi connectivity index (χ2n) is 5.45. The molecule has 9 nitrogen and oxygen atoms in total. The highest BCUT2D eigenvalue weighted by Crippen LogP contribution is 2.27. The first-order valence-electron chi connectivity index (χ1n) is 7.71. The van der Waals surface area contributed by atoms with Crippen LogP contribution in [0, 0.1) is 0 Å². The molecular formula is C17H10N6O3. The van der Waals surface area contributed by atoms with Gasteiger partial charge in [0, 0.05) is 12.4 Å². The molecule has 0 saturated heterocycles. The molecule has 1 N–H and O–H groups in total. The minimum atomic E-state index is -0.541. The van der Waals surface area contributed by atoms with Gasteiger partial charge in [0.2, 0.25) is 5.82 Å². The van der Waals surface area contributed by atoms with E-state index in [9.17, 15) is 4.79 Å². The van der Waals surface area contributed by atoms with Crippen LogP contribution < -0.4 is 5.76 Å². The summed E-state index contributed by atoms with van der Waals surface area (Å²) in [6.07, 6.45) is 3.47. The van der Waals surface area contributed by atoms with Gasteiger partial charge in [-0.2, -0.15) is 10.1 Å². The zero-order valence-corrected chi connectivity index (χ0v) is 13.2. The lowest BCUT2D eigenvalue weighted by atomic mass is 10.2. The molecule has 0 bridgehead atoms. The zero-order chi connectivity index (χ0) is 17.5. The molecule has 126 valence electrons. The van der Waals surface area contributed by atoms with E-state index < -0.39 is 5.76 Å². The van der Waals surface area contributed by atoms with E-state index in [1.807, 2.05) is 18.2 Å². The highest BCUT2D eigenvalue weighted by atomic mass is 16.5. The Kier molecular flexibility index (Phi) is 3.04. The first-order chi connectivity index (χ1) is 12.8. The standard InChI is InChI=1S/C17H10N6O3/c24-17-20-11-5-1-4-10(14(11)25-17)16-21-15(22-26-16)12-6-2-7-13(19-12)23-9-3-8-18-23/h1-9H,(H,20,24). The molecule has 0 aliphatic carbocycles. The number of hydrogen-bond acceptors (Lipinski definition) is 7. The predicted molar refractivity (Wildman–Crippen MR) is 90.5 cm³/mol. The van der Waals surface area contributed by atoms with Gasteiger partial charge in [-0.05, 0) is 30.3 Å². The number of fused-ring (bicyclic) bond motifs is 1. The number of nitrogens with one attached hydrogen (secondary N) is 1. The lowest BCUT2D eigenvalue weighted by molar-refractivity contribution is 0.431. The number of pyridine rings is 1. The number of para-hydroxylation sites is 1. The van der Waals surface area contributed by atoms with Crippen LogP contribution in [0.25, 0.3) is 39.9 Å². The largest absolute Gasteiger partial charge is 0.417 e. The van der Waals surface area contributed by atoms with Crippen molar-refractivity contribution in [3.8, 4) is 28.8 Å². The van der Waals surface area contributed by atoms with Gasteiger partial charge in [0.05, 0.1) is 11.1 Å². The monoisotopic (exact) mass is 346 g/mol. The van der Waals surface area contributed by atoms with E-state index in [-0.39, 0.29) is 5.89 Å². The van der Waals surface area contributed by atoms with Crippen molar-refractivity contribution in [2.75, 3.05) is 0 Å². The number of oxazole rings is 1. The number of nitrogens with zero attached hydrogens (tertiary/aromatic N) is 5. The van der Waals surface area contributed by atoms with Gasteiger partial charge in [0.15, 0.2) is 11.4 Å².